The number of quaternary nitrogens is 1. The summed E-state index contributed by atoms with van der Waals surface area (Å²) in [6, 6.07) is -0.393. The monoisotopic (exact) mass is 834 g/mol. The molecule has 23 heteroatoms. The Morgan fingerprint density at radius 1 is 1.09 bits per heavy atom. The molecule has 4 aliphatic rings. The lowest BCUT2D eigenvalue weighted by Crippen LogP contribution is -2.72. The number of piperidine rings is 1. The van der Waals surface area contributed by atoms with Crippen LogP contribution in [0.1, 0.15) is 55.1 Å². The summed E-state index contributed by atoms with van der Waals surface area (Å²) in [5.74, 6) is -11.6. The molecule has 2 bridgehead atoms. The second kappa shape index (κ2) is 15.6. The first-order valence-corrected chi connectivity index (χ1v) is 19.2. The first-order chi connectivity index (χ1) is 26.8. The molecule has 1 aromatic heterocycles. The molecule has 0 aliphatic carbocycles. The molecule has 9 N–H and O–H groups in total. The number of aliphatic carboxylic acids is 3. The number of carboxylic acids is 3. The fourth-order valence-electron chi connectivity index (χ4n) is 7.90. The molecule has 304 valence electrons. The van der Waals surface area contributed by atoms with E-state index in [4.69, 9.17) is 15.7 Å². The number of carboxylic acid groups (broad SMARTS) is 3. The number of nitrogens with zero attached hydrogens (tertiary/aromatic N) is 4. The summed E-state index contributed by atoms with van der Waals surface area (Å²) in [5, 5.41) is 56.8. The van der Waals surface area contributed by atoms with Gasteiger partial charge in [0, 0.05) is 53.5 Å². The van der Waals surface area contributed by atoms with E-state index in [0.717, 1.165) is 35.1 Å². The van der Waals surface area contributed by atoms with E-state index in [1.54, 1.807) is 6.92 Å². The van der Waals surface area contributed by atoms with Gasteiger partial charge in [0.2, 0.25) is 11.9 Å². The number of amides is 3. The number of carbonyl (C=O) groups is 7. The summed E-state index contributed by atoms with van der Waals surface area (Å²) in [6.45, 7) is 2.02. The number of aromatic nitrogens is 1. The number of carbonyl (C=O) groups excluding carboxylic acids is 4. The van der Waals surface area contributed by atoms with Crippen LogP contribution in [0, 0.1) is 5.82 Å². The number of benzene rings is 1. The van der Waals surface area contributed by atoms with Gasteiger partial charge >= 0.3 is 17.9 Å². The molecule has 0 radical (unpaired) electrons. The second-order valence-electron chi connectivity index (χ2n) is 14.2. The number of halogens is 1. The van der Waals surface area contributed by atoms with Gasteiger partial charge in [-0.25, -0.2) is 19.0 Å². The van der Waals surface area contributed by atoms with Crippen molar-refractivity contribution < 1.29 is 72.8 Å². The van der Waals surface area contributed by atoms with Crippen LogP contribution in [0.4, 0.5) is 9.52 Å². The van der Waals surface area contributed by atoms with Crippen molar-refractivity contribution in [2.45, 2.75) is 79.9 Å². The van der Waals surface area contributed by atoms with Crippen LogP contribution in [0.15, 0.2) is 33.9 Å². The minimum Gasteiger partial charge on any atom is -0.504 e. The number of nitrogen functional groups attached to an aromatic ring is 1. The van der Waals surface area contributed by atoms with Gasteiger partial charge < -0.3 is 51.2 Å². The first-order valence-electron chi connectivity index (χ1n) is 17.4. The van der Waals surface area contributed by atoms with Crippen molar-refractivity contribution in [1.82, 2.24) is 20.5 Å². The molecule has 5 heterocycles. The highest BCUT2D eigenvalue weighted by molar-refractivity contribution is 8.00. The highest BCUT2D eigenvalue weighted by Crippen LogP contribution is 2.48. The lowest BCUT2D eigenvalue weighted by molar-refractivity contribution is -0.944. The molecule has 6 rings (SSSR count). The minimum atomic E-state index is -1.97. The zero-order chi connectivity index (χ0) is 41.7. The third-order valence-electron chi connectivity index (χ3n) is 10.8. The fraction of sp³-hybridized carbons (Fsp3) is 0.441. The fourth-order valence-corrected chi connectivity index (χ4v) is 9.88. The van der Waals surface area contributed by atoms with Crippen molar-refractivity contribution in [3.8, 4) is 11.5 Å². The van der Waals surface area contributed by atoms with E-state index in [1.165, 1.54) is 17.1 Å². The Labute approximate surface area is 329 Å². The molecule has 0 unspecified atom stereocenters. The number of anilines is 1. The Bertz CT molecular complexity index is 2110. The lowest BCUT2D eigenvalue weighted by Gasteiger charge is -2.53. The maximum Gasteiger partial charge on any atom is 0.352 e. The van der Waals surface area contributed by atoms with Crippen LogP contribution in [0.2, 0.25) is 0 Å². The van der Waals surface area contributed by atoms with Crippen LogP contribution < -0.4 is 16.4 Å². The van der Waals surface area contributed by atoms with Crippen LogP contribution in [0.25, 0.3) is 0 Å². The van der Waals surface area contributed by atoms with Gasteiger partial charge in [0.15, 0.2) is 28.2 Å². The Kier molecular flexibility index (Phi) is 11.2. The van der Waals surface area contributed by atoms with Gasteiger partial charge in [-0.1, -0.05) is 5.16 Å². The summed E-state index contributed by atoms with van der Waals surface area (Å²) in [7, 11) is 1.98. The van der Waals surface area contributed by atoms with Gasteiger partial charge in [0.25, 0.3) is 17.7 Å². The SMILES string of the molecule is C[C@@H]1S[C@@H]2[C@H](NC(=O)/C(=N\O[C@@H](CC(=O)O)C(=O)O)c3csc(N)n3)C(=O)N2C(C(=O)O)=C1C[N@+]1(C)[C@@H]2CC[C@H]1C[C@@H](NC(=O)C(=O)c1cc(O)c(O)c(F)c1)C2. The number of hydrogen-bond donors (Lipinski definition) is 8. The summed E-state index contributed by atoms with van der Waals surface area (Å²) in [6.07, 6.45) is -0.624. The van der Waals surface area contributed by atoms with E-state index in [-0.39, 0.29) is 35.2 Å². The minimum absolute atomic E-state index is 0.0105. The maximum absolute atomic E-state index is 13.9. The molecular weight excluding hydrogens is 798 g/mol. The third kappa shape index (κ3) is 7.81. The maximum atomic E-state index is 13.9. The molecule has 57 heavy (non-hydrogen) atoms. The number of aromatic hydroxyl groups is 2. The number of nitrogens with two attached hydrogens (primary N) is 1. The molecule has 3 saturated heterocycles. The predicted octanol–water partition coefficient (Wildman–Crippen LogP) is 0.190. The Balaban J connectivity index is 1.16. The molecule has 4 aliphatic heterocycles. The zero-order valence-electron chi connectivity index (χ0n) is 30.1. The molecule has 3 amide bonds. The quantitative estimate of drug-likeness (QED) is 0.0240. The van der Waals surface area contributed by atoms with Gasteiger partial charge in [-0.05, 0) is 19.1 Å². The van der Waals surface area contributed by atoms with E-state index in [1.807, 2.05) is 7.05 Å². The molecule has 2 aromatic rings. The number of thiazole rings is 1. The normalized spacial score (nSPS) is 27.2. The van der Waals surface area contributed by atoms with Gasteiger partial charge in [-0.15, -0.1) is 23.1 Å². The smallest absolute Gasteiger partial charge is 0.352 e. The molecule has 8 atom stereocenters. The number of phenolic OH excluding ortho intramolecular Hbond substituents is 2. The number of fused-ring (bicyclic) bond motifs is 3. The Hall–Kier alpha value is -5.81. The number of β-lactam (4-membered cyclic amide) rings is 1. The second-order valence-corrected chi connectivity index (χ2v) is 16.6. The highest BCUT2D eigenvalue weighted by atomic mass is 32.2. The lowest BCUT2D eigenvalue weighted by atomic mass is 9.92. The van der Waals surface area contributed by atoms with Crippen LogP contribution in [0.5, 0.6) is 11.5 Å². The summed E-state index contributed by atoms with van der Waals surface area (Å²) >= 11 is 2.15. The highest BCUT2D eigenvalue weighted by Gasteiger charge is 2.58. The van der Waals surface area contributed by atoms with E-state index in [0.29, 0.717) is 29.0 Å². The summed E-state index contributed by atoms with van der Waals surface area (Å²) in [5.41, 5.74) is 4.78. The number of nitrogens with one attached hydrogen (secondary N) is 2. The Morgan fingerprint density at radius 2 is 1.75 bits per heavy atom. The van der Waals surface area contributed by atoms with E-state index >= 15 is 0 Å². The molecular formula is C34H37FN7O13S2+. The molecule has 1 aromatic carbocycles. The van der Waals surface area contributed by atoms with Crippen LogP contribution in [-0.2, 0) is 33.6 Å². The van der Waals surface area contributed by atoms with Crippen molar-refractivity contribution in [3.05, 3.63) is 45.9 Å². The van der Waals surface area contributed by atoms with Crippen LogP contribution in [-0.4, -0.2) is 142 Å². The average Bonchev–Trinajstić information content (AvgIpc) is 3.61. The van der Waals surface area contributed by atoms with Crippen molar-refractivity contribution in [1.29, 1.82) is 0 Å². The van der Waals surface area contributed by atoms with Gasteiger partial charge in [0.1, 0.15) is 29.4 Å². The van der Waals surface area contributed by atoms with Gasteiger partial charge in [0.05, 0.1) is 25.6 Å². The van der Waals surface area contributed by atoms with Crippen molar-refractivity contribution in [3.63, 3.8) is 0 Å². The molecule has 3 fully saturated rings. The third-order valence-corrected chi connectivity index (χ3v) is 12.9. The topological polar surface area (TPSA) is 308 Å². The van der Waals surface area contributed by atoms with Crippen LogP contribution in [0.3, 0.4) is 0 Å². The number of oxime groups is 1. The van der Waals surface area contributed by atoms with Gasteiger partial charge in [-0.2, -0.15) is 0 Å². The van der Waals surface area contributed by atoms with Crippen molar-refractivity contribution in [2.75, 3.05) is 19.3 Å². The van der Waals surface area contributed by atoms with Crippen molar-refractivity contribution >= 4 is 75.4 Å². The van der Waals surface area contributed by atoms with Gasteiger partial charge in [-0.3, -0.25) is 28.9 Å². The van der Waals surface area contributed by atoms with E-state index in [2.05, 4.69) is 20.8 Å². The van der Waals surface area contributed by atoms with Crippen LogP contribution >= 0.6 is 23.1 Å². The molecule has 0 spiro atoms. The molecule has 20 nitrogen and oxygen atoms in total. The number of ketones is 1. The zero-order valence-corrected chi connectivity index (χ0v) is 31.7. The number of Topliss-reactive ketones (excluding diaryl/α,β-unsaturated/α-hetero) is 1. The summed E-state index contributed by atoms with van der Waals surface area (Å²) < 4.78 is 14.3. The van der Waals surface area contributed by atoms with E-state index in [9.17, 15) is 58.4 Å². The summed E-state index contributed by atoms with van der Waals surface area (Å²) in [4.78, 5) is 98.3. The van der Waals surface area contributed by atoms with Crippen molar-refractivity contribution in [2.24, 2.45) is 5.16 Å². The largest absolute Gasteiger partial charge is 0.504 e. The van der Waals surface area contributed by atoms with E-state index < -0.39 is 105 Å². The number of rotatable bonds is 14. The standard InChI is InChI=1S/C34H36FN7O13S2/c1-12-17(10-42(2)15-3-4-16(42)8-14(7-15)37-29(49)26(46)13-5-18(35)27(47)20(43)6-13)25(33(53)54)41-30(50)24(31(41)57-12)39-28(48)23(19-11-56-34(36)38-19)40-55-21(32(51)52)9-22(44)45/h5-6,11-12,14-16,21,24,31H,3-4,7-10H2,1-2H3,(H8-,36,37,38,39,40,43,44,45,46,47,48,49,51,52,53,54)/p+1/t12-,14-,15+,16-,21-,24+,31+,42+/m0/s1. The number of hydrogen-bond acceptors (Lipinski definition) is 15. The number of likely N-dealkylation sites (N-methyl/N-ethyl adjacent to an activating group) is 1. The average molecular weight is 835 g/mol. The molecule has 0 saturated carbocycles. The predicted molar refractivity (Wildman–Crippen MR) is 195 cm³/mol. The number of thioether (sulfide) groups is 1. The Morgan fingerprint density at radius 3 is 2.32 bits per heavy atom. The first kappa shape index (κ1) is 40.8. The number of phenols is 2.